The van der Waals surface area contributed by atoms with Gasteiger partial charge in [-0.25, -0.2) is 4.98 Å². The summed E-state index contributed by atoms with van der Waals surface area (Å²) >= 11 is 1.62. The Hall–Kier alpha value is -3.52. The number of esters is 1. The second-order valence-corrected chi connectivity index (χ2v) is 8.14. The van der Waals surface area contributed by atoms with Crippen LogP contribution in [0.25, 0.3) is 10.2 Å². The Kier molecular flexibility index (Phi) is 6.37. The SMILES string of the molecule is Cc1cc(NC(=O)C(OC(=O)CCCc2nc3ccccc3s2)c2ccccc2)no1. The van der Waals surface area contributed by atoms with Crippen molar-refractivity contribution in [2.24, 2.45) is 0 Å². The molecule has 158 valence electrons. The number of benzene rings is 2. The van der Waals surface area contributed by atoms with Crippen LogP contribution in [0.5, 0.6) is 0 Å². The number of para-hydroxylation sites is 1. The zero-order valence-corrected chi connectivity index (χ0v) is 17.7. The van der Waals surface area contributed by atoms with Crippen molar-refractivity contribution in [3.63, 3.8) is 0 Å². The Balaban J connectivity index is 1.37. The van der Waals surface area contributed by atoms with E-state index in [0.717, 1.165) is 15.2 Å². The van der Waals surface area contributed by atoms with Gasteiger partial charge in [0, 0.05) is 18.1 Å². The third kappa shape index (κ3) is 5.35. The fourth-order valence-electron chi connectivity index (χ4n) is 3.12. The molecule has 0 bridgehead atoms. The van der Waals surface area contributed by atoms with Crippen LogP contribution in [0.4, 0.5) is 5.82 Å². The van der Waals surface area contributed by atoms with Crippen molar-refractivity contribution >= 4 is 39.2 Å². The van der Waals surface area contributed by atoms with Crippen molar-refractivity contribution < 1.29 is 18.8 Å². The van der Waals surface area contributed by atoms with Crippen LogP contribution in [-0.2, 0) is 20.7 Å². The number of hydrogen-bond acceptors (Lipinski definition) is 7. The molecule has 0 saturated heterocycles. The molecule has 0 saturated carbocycles. The number of rotatable bonds is 8. The van der Waals surface area contributed by atoms with Gasteiger partial charge in [-0.15, -0.1) is 11.3 Å². The van der Waals surface area contributed by atoms with Crippen LogP contribution in [-0.4, -0.2) is 22.0 Å². The van der Waals surface area contributed by atoms with Gasteiger partial charge in [-0.1, -0.05) is 47.6 Å². The van der Waals surface area contributed by atoms with Gasteiger partial charge in [-0.2, -0.15) is 0 Å². The number of nitrogens with zero attached hydrogens (tertiary/aromatic N) is 2. The molecule has 2 heterocycles. The Morgan fingerprint density at radius 3 is 2.65 bits per heavy atom. The van der Waals surface area contributed by atoms with Gasteiger partial charge in [0.2, 0.25) is 6.10 Å². The molecule has 0 aliphatic rings. The maximum atomic E-state index is 12.8. The fourth-order valence-corrected chi connectivity index (χ4v) is 4.13. The van der Waals surface area contributed by atoms with Crippen molar-refractivity contribution in [3.8, 4) is 0 Å². The minimum atomic E-state index is -1.08. The van der Waals surface area contributed by atoms with Crippen LogP contribution in [0.2, 0.25) is 0 Å². The highest BCUT2D eigenvalue weighted by Crippen LogP contribution is 2.24. The molecule has 2 aromatic heterocycles. The van der Waals surface area contributed by atoms with Crippen LogP contribution in [0.1, 0.15) is 35.3 Å². The lowest BCUT2D eigenvalue weighted by atomic mass is 10.1. The highest BCUT2D eigenvalue weighted by Gasteiger charge is 2.25. The molecule has 0 aliphatic carbocycles. The first-order valence-corrected chi connectivity index (χ1v) is 10.7. The van der Waals surface area contributed by atoms with Crippen molar-refractivity contribution in [2.75, 3.05) is 5.32 Å². The number of anilines is 1. The minimum Gasteiger partial charge on any atom is -0.447 e. The second-order valence-electron chi connectivity index (χ2n) is 7.02. The molecule has 1 amide bonds. The molecule has 0 aliphatic heterocycles. The average molecular weight is 436 g/mol. The maximum absolute atomic E-state index is 12.8. The molecule has 7 nitrogen and oxygen atoms in total. The Morgan fingerprint density at radius 1 is 1.13 bits per heavy atom. The number of carbonyl (C=O) groups is 2. The number of aromatic nitrogens is 2. The van der Waals surface area contributed by atoms with E-state index in [9.17, 15) is 9.59 Å². The standard InChI is InChI=1S/C23H21N3O4S/c1-15-14-19(26-30-15)25-23(28)22(16-8-3-2-4-9-16)29-21(27)13-7-12-20-24-17-10-5-6-11-18(17)31-20/h2-6,8-11,14,22H,7,12-13H2,1H3,(H,25,26,28). The van der Waals surface area contributed by atoms with E-state index in [0.29, 0.717) is 24.2 Å². The molecule has 4 aromatic rings. The monoisotopic (exact) mass is 435 g/mol. The van der Waals surface area contributed by atoms with Gasteiger partial charge in [0.1, 0.15) is 5.76 Å². The summed E-state index contributed by atoms with van der Waals surface area (Å²) in [6.07, 6.45) is 0.377. The second kappa shape index (κ2) is 9.53. The number of aryl methyl sites for hydroxylation is 2. The van der Waals surface area contributed by atoms with Gasteiger partial charge in [0.25, 0.3) is 5.91 Å². The van der Waals surface area contributed by atoms with Gasteiger partial charge in [-0.3, -0.25) is 9.59 Å². The summed E-state index contributed by atoms with van der Waals surface area (Å²) in [5, 5.41) is 7.37. The van der Waals surface area contributed by atoms with Gasteiger partial charge in [0.15, 0.2) is 5.82 Å². The van der Waals surface area contributed by atoms with Crippen molar-refractivity contribution in [3.05, 3.63) is 77.0 Å². The van der Waals surface area contributed by atoms with E-state index in [2.05, 4.69) is 15.5 Å². The maximum Gasteiger partial charge on any atom is 0.306 e. The van der Waals surface area contributed by atoms with E-state index in [1.54, 1.807) is 48.6 Å². The van der Waals surface area contributed by atoms with E-state index < -0.39 is 18.0 Å². The number of fused-ring (bicyclic) bond motifs is 1. The number of carbonyl (C=O) groups excluding carboxylic acids is 2. The molecule has 4 rings (SSSR count). The molecule has 1 N–H and O–H groups in total. The molecule has 1 atom stereocenters. The smallest absolute Gasteiger partial charge is 0.306 e. The lowest BCUT2D eigenvalue weighted by Gasteiger charge is -2.17. The van der Waals surface area contributed by atoms with Crippen LogP contribution in [0.15, 0.2) is 65.2 Å². The van der Waals surface area contributed by atoms with Crippen molar-refractivity contribution in [1.29, 1.82) is 0 Å². The third-order valence-corrected chi connectivity index (χ3v) is 5.67. The lowest BCUT2D eigenvalue weighted by Crippen LogP contribution is -2.26. The predicted molar refractivity (Wildman–Crippen MR) is 118 cm³/mol. The summed E-state index contributed by atoms with van der Waals surface area (Å²) in [6.45, 7) is 1.72. The molecular weight excluding hydrogens is 414 g/mol. The predicted octanol–water partition coefficient (Wildman–Crippen LogP) is 4.84. The number of hydrogen-bond donors (Lipinski definition) is 1. The zero-order valence-electron chi connectivity index (χ0n) is 16.9. The lowest BCUT2D eigenvalue weighted by molar-refractivity contribution is -0.154. The number of nitrogens with one attached hydrogen (secondary N) is 1. The van der Waals surface area contributed by atoms with Crippen LogP contribution < -0.4 is 5.32 Å². The van der Waals surface area contributed by atoms with E-state index >= 15 is 0 Å². The highest BCUT2D eigenvalue weighted by atomic mass is 32.1. The number of ether oxygens (including phenoxy) is 1. The average Bonchev–Trinajstić information content (AvgIpc) is 3.37. The van der Waals surface area contributed by atoms with E-state index in [1.165, 1.54) is 0 Å². The largest absolute Gasteiger partial charge is 0.447 e. The topological polar surface area (TPSA) is 94.3 Å². The Labute approximate surface area is 183 Å². The first-order chi connectivity index (χ1) is 15.1. The quantitative estimate of drug-likeness (QED) is 0.398. The van der Waals surface area contributed by atoms with E-state index in [-0.39, 0.29) is 12.2 Å². The molecular formula is C23H21N3O4S. The van der Waals surface area contributed by atoms with Gasteiger partial charge < -0.3 is 14.6 Å². The van der Waals surface area contributed by atoms with Gasteiger partial charge in [0.05, 0.1) is 15.2 Å². The summed E-state index contributed by atoms with van der Waals surface area (Å²) in [7, 11) is 0. The molecule has 0 radical (unpaired) electrons. The molecule has 31 heavy (non-hydrogen) atoms. The fraction of sp³-hybridized carbons (Fsp3) is 0.217. The minimum absolute atomic E-state index is 0.190. The molecule has 1 unspecified atom stereocenters. The molecule has 2 aromatic carbocycles. The van der Waals surface area contributed by atoms with Gasteiger partial charge in [-0.05, 0) is 31.9 Å². The molecule has 8 heteroatoms. The Bertz CT molecular complexity index is 1150. The molecule has 0 spiro atoms. The summed E-state index contributed by atoms with van der Waals surface area (Å²) in [5.74, 6) is -0.0887. The van der Waals surface area contributed by atoms with Crippen LogP contribution in [0.3, 0.4) is 0 Å². The highest BCUT2D eigenvalue weighted by molar-refractivity contribution is 7.18. The summed E-state index contributed by atoms with van der Waals surface area (Å²) in [4.78, 5) is 29.9. The van der Waals surface area contributed by atoms with Crippen LogP contribution >= 0.6 is 11.3 Å². The summed E-state index contributed by atoms with van der Waals surface area (Å²) in [5.41, 5.74) is 1.55. The van der Waals surface area contributed by atoms with Crippen LogP contribution in [0, 0.1) is 6.92 Å². The van der Waals surface area contributed by atoms with E-state index in [1.807, 2.05) is 30.3 Å². The van der Waals surface area contributed by atoms with Crippen molar-refractivity contribution in [2.45, 2.75) is 32.3 Å². The summed E-state index contributed by atoms with van der Waals surface area (Å²) < 4.78 is 11.6. The number of thiazole rings is 1. The summed E-state index contributed by atoms with van der Waals surface area (Å²) in [6, 6.07) is 18.4. The Morgan fingerprint density at radius 2 is 1.90 bits per heavy atom. The van der Waals surface area contributed by atoms with E-state index in [4.69, 9.17) is 9.26 Å². The normalized spacial score (nSPS) is 11.9. The number of amides is 1. The van der Waals surface area contributed by atoms with Crippen molar-refractivity contribution in [1.82, 2.24) is 10.1 Å². The van der Waals surface area contributed by atoms with Gasteiger partial charge >= 0.3 is 5.97 Å². The first-order valence-electron chi connectivity index (χ1n) is 9.91. The molecule has 0 fully saturated rings. The first kappa shape index (κ1) is 20.7. The zero-order chi connectivity index (χ0) is 21.6. The third-order valence-electron chi connectivity index (χ3n) is 4.58.